The van der Waals surface area contributed by atoms with E-state index in [-0.39, 0.29) is 11.7 Å². The number of anilines is 1. The van der Waals surface area contributed by atoms with E-state index in [1.807, 2.05) is 12.1 Å². The minimum atomic E-state index is -0.558. The first-order valence-electron chi connectivity index (χ1n) is 7.72. The average Bonchev–Trinajstić information content (AvgIpc) is 2.62. The predicted molar refractivity (Wildman–Crippen MR) is 85.2 cm³/mol. The maximum atomic E-state index is 13.0. The molecule has 1 fully saturated rings. The highest BCUT2D eigenvalue weighted by atomic mass is 19.1. The number of benzene rings is 1. The van der Waals surface area contributed by atoms with Crippen LogP contribution in [0.3, 0.4) is 0 Å². The lowest BCUT2D eigenvalue weighted by Gasteiger charge is -2.35. The first-order chi connectivity index (χ1) is 11.2. The van der Waals surface area contributed by atoms with Gasteiger partial charge in [-0.15, -0.1) is 0 Å². The van der Waals surface area contributed by atoms with E-state index in [0.717, 1.165) is 37.2 Å². The van der Waals surface area contributed by atoms with Gasteiger partial charge in [-0.1, -0.05) is 12.1 Å². The number of pyridine rings is 1. The highest BCUT2D eigenvalue weighted by Gasteiger charge is 2.26. The van der Waals surface area contributed by atoms with E-state index in [2.05, 4.69) is 9.88 Å². The molecule has 1 aromatic heterocycles. The van der Waals surface area contributed by atoms with E-state index in [4.69, 9.17) is 5.26 Å². The molecule has 3 rings (SSSR count). The molecule has 0 aliphatic carbocycles. The number of aliphatic hydroxyl groups is 1. The van der Waals surface area contributed by atoms with E-state index in [0.29, 0.717) is 5.69 Å². The second-order valence-corrected chi connectivity index (χ2v) is 5.83. The molecule has 2 heterocycles. The van der Waals surface area contributed by atoms with Gasteiger partial charge in [-0.05, 0) is 48.6 Å². The van der Waals surface area contributed by atoms with Crippen LogP contribution in [0.1, 0.15) is 30.2 Å². The normalized spacial score (nSPS) is 16.8. The number of aromatic nitrogens is 1. The van der Waals surface area contributed by atoms with Crippen molar-refractivity contribution in [3.05, 3.63) is 59.7 Å². The van der Waals surface area contributed by atoms with Crippen LogP contribution in [-0.4, -0.2) is 23.2 Å². The molecular weight excluding hydrogens is 293 g/mol. The quantitative estimate of drug-likeness (QED) is 0.946. The molecule has 0 saturated carbocycles. The summed E-state index contributed by atoms with van der Waals surface area (Å²) in [4.78, 5) is 6.31. The molecule has 1 atom stereocenters. The van der Waals surface area contributed by atoms with Gasteiger partial charge in [-0.25, -0.2) is 9.37 Å². The van der Waals surface area contributed by atoms with Crippen LogP contribution in [0.25, 0.3) is 0 Å². The molecular formula is C18H18FN3O. The zero-order valence-corrected chi connectivity index (χ0v) is 12.7. The molecule has 1 saturated heterocycles. The molecule has 1 N–H and O–H groups in total. The molecule has 0 bridgehead atoms. The third kappa shape index (κ3) is 3.49. The fourth-order valence-electron chi connectivity index (χ4n) is 3.04. The Bertz CT molecular complexity index is 686. The Balaban J connectivity index is 1.61. The van der Waals surface area contributed by atoms with Crippen molar-refractivity contribution in [3.63, 3.8) is 0 Å². The van der Waals surface area contributed by atoms with E-state index < -0.39 is 6.10 Å². The van der Waals surface area contributed by atoms with Gasteiger partial charge in [-0.2, -0.15) is 5.26 Å². The van der Waals surface area contributed by atoms with Crippen LogP contribution >= 0.6 is 0 Å². The standard InChI is InChI=1S/C18H18FN3O/c19-15-3-1-13(2-4-15)18(23)14-7-9-22(10-8-14)17-6-5-16(11-20)21-12-17/h1-6,12,14,18,23H,7-10H2. The number of rotatable bonds is 3. The Hall–Kier alpha value is -2.45. The van der Waals surface area contributed by atoms with Gasteiger partial charge in [0.15, 0.2) is 0 Å². The molecule has 0 radical (unpaired) electrons. The number of nitrogens with zero attached hydrogens (tertiary/aromatic N) is 3. The van der Waals surface area contributed by atoms with Crippen molar-refractivity contribution in [3.8, 4) is 6.07 Å². The van der Waals surface area contributed by atoms with Crippen molar-refractivity contribution in [1.29, 1.82) is 5.26 Å². The van der Waals surface area contributed by atoms with E-state index >= 15 is 0 Å². The van der Waals surface area contributed by atoms with Gasteiger partial charge >= 0.3 is 0 Å². The summed E-state index contributed by atoms with van der Waals surface area (Å²) in [7, 11) is 0. The topological polar surface area (TPSA) is 60.2 Å². The lowest BCUT2D eigenvalue weighted by atomic mass is 9.87. The average molecular weight is 311 g/mol. The molecule has 0 spiro atoms. The van der Waals surface area contributed by atoms with E-state index in [1.165, 1.54) is 12.1 Å². The van der Waals surface area contributed by atoms with Gasteiger partial charge in [-0.3, -0.25) is 0 Å². The number of nitriles is 1. The molecule has 118 valence electrons. The Morgan fingerprint density at radius 3 is 2.43 bits per heavy atom. The first-order valence-corrected chi connectivity index (χ1v) is 7.72. The van der Waals surface area contributed by atoms with Crippen LogP contribution in [0.15, 0.2) is 42.6 Å². The number of halogens is 1. The monoisotopic (exact) mass is 311 g/mol. The zero-order chi connectivity index (χ0) is 16.2. The van der Waals surface area contributed by atoms with Crippen molar-refractivity contribution in [2.45, 2.75) is 18.9 Å². The van der Waals surface area contributed by atoms with Crippen LogP contribution in [-0.2, 0) is 0 Å². The van der Waals surface area contributed by atoms with E-state index in [9.17, 15) is 9.50 Å². The van der Waals surface area contributed by atoms with Crippen molar-refractivity contribution in [2.24, 2.45) is 5.92 Å². The maximum absolute atomic E-state index is 13.0. The fraction of sp³-hybridized carbons (Fsp3) is 0.333. The molecule has 23 heavy (non-hydrogen) atoms. The third-order valence-corrected chi connectivity index (χ3v) is 4.43. The summed E-state index contributed by atoms with van der Waals surface area (Å²) in [5.74, 6) is -0.118. The predicted octanol–water partition coefficient (Wildman–Crippen LogP) is 3.04. The molecule has 1 aliphatic heterocycles. The highest BCUT2D eigenvalue weighted by molar-refractivity contribution is 5.46. The number of hydrogen-bond donors (Lipinski definition) is 1. The maximum Gasteiger partial charge on any atom is 0.140 e. The van der Waals surface area contributed by atoms with Crippen molar-refractivity contribution in [1.82, 2.24) is 4.98 Å². The van der Waals surface area contributed by atoms with Crippen molar-refractivity contribution >= 4 is 5.69 Å². The number of hydrogen-bond acceptors (Lipinski definition) is 4. The number of aliphatic hydroxyl groups excluding tert-OH is 1. The lowest BCUT2D eigenvalue weighted by Crippen LogP contribution is -2.35. The molecule has 0 amide bonds. The Morgan fingerprint density at radius 1 is 1.17 bits per heavy atom. The second-order valence-electron chi connectivity index (χ2n) is 5.83. The van der Waals surface area contributed by atoms with Crippen LogP contribution in [0, 0.1) is 23.1 Å². The molecule has 4 nitrogen and oxygen atoms in total. The van der Waals surface area contributed by atoms with Gasteiger partial charge in [0.05, 0.1) is 18.0 Å². The van der Waals surface area contributed by atoms with Gasteiger partial charge < -0.3 is 10.0 Å². The number of piperidine rings is 1. The molecule has 5 heteroatoms. The summed E-state index contributed by atoms with van der Waals surface area (Å²) in [5, 5.41) is 19.3. The van der Waals surface area contributed by atoms with Gasteiger partial charge in [0, 0.05) is 13.1 Å². The minimum Gasteiger partial charge on any atom is -0.388 e. The van der Waals surface area contributed by atoms with E-state index in [1.54, 1.807) is 24.4 Å². The van der Waals surface area contributed by atoms with Crippen LogP contribution in [0.4, 0.5) is 10.1 Å². The Kier molecular flexibility index (Phi) is 4.54. The summed E-state index contributed by atoms with van der Waals surface area (Å²) < 4.78 is 13.0. The highest BCUT2D eigenvalue weighted by Crippen LogP contribution is 2.32. The fourth-order valence-corrected chi connectivity index (χ4v) is 3.04. The van der Waals surface area contributed by atoms with Crippen molar-refractivity contribution in [2.75, 3.05) is 18.0 Å². The minimum absolute atomic E-state index is 0.169. The second kappa shape index (κ2) is 6.76. The molecule has 1 aliphatic rings. The van der Waals surface area contributed by atoms with Gasteiger partial charge in [0.25, 0.3) is 0 Å². The van der Waals surface area contributed by atoms with Crippen LogP contribution < -0.4 is 4.90 Å². The largest absolute Gasteiger partial charge is 0.388 e. The van der Waals surface area contributed by atoms with Gasteiger partial charge in [0.2, 0.25) is 0 Å². The molecule has 1 aromatic carbocycles. The molecule has 2 aromatic rings. The summed E-state index contributed by atoms with van der Waals surface area (Å²) in [6.07, 6.45) is 2.88. The van der Waals surface area contributed by atoms with Gasteiger partial charge in [0.1, 0.15) is 17.6 Å². The molecule has 1 unspecified atom stereocenters. The first kappa shape index (κ1) is 15.4. The Morgan fingerprint density at radius 2 is 1.87 bits per heavy atom. The SMILES string of the molecule is N#Cc1ccc(N2CCC(C(O)c3ccc(F)cc3)CC2)cn1. The summed E-state index contributed by atoms with van der Waals surface area (Å²) in [5.41, 5.74) is 2.18. The van der Waals surface area contributed by atoms with Crippen LogP contribution in [0.2, 0.25) is 0 Å². The summed E-state index contributed by atoms with van der Waals surface area (Å²) in [6, 6.07) is 11.7. The smallest absolute Gasteiger partial charge is 0.140 e. The lowest BCUT2D eigenvalue weighted by molar-refractivity contribution is 0.0929. The van der Waals surface area contributed by atoms with Crippen LogP contribution in [0.5, 0.6) is 0 Å². The third-order valence-electron chi connectivity index (χ3n) is 4.43. The summed E-state index contributed by atoms with van der Waals surface area (Å²) >= 11 is 0. The van der Waals surface area contributed by atoms with Crippen molar-refractivity contribution < 1.29 is 9.50 Å². The summed E-state index contributed by atoms with van der Waals surface area (Å²) in [6.45, 7) is 1.66. The Labute approximate surface area is 134 Å². The zero-order valence-electron chi connectivity index (χ0n) is 12.7.